The van der Waals surface area contributed by atoms with E-state index in [1.807, 2.05) is 24.5 Å². The normalized spacial score (nSPS) is 16.5. The van der Waals surface area contributed by atoms with E-state index in [2.05, 4.69) is 167 Å². The minimum Gasteiger partial charge on any atom is -0.456 e. The number of pyridine rings is 1. The number of allylic oxidation sites excluding steroid dienone is 1. The number of benzene rings is 7. The van der Waals surface area contributed by atoms with Crippen LogP contribution in [0.3, 0.4) is 0 Å². The van der Waals surface area contributed by atoms with E-state index in [9.17, 15) is 0 Å². The van der Waals surface area contributed by atoms with E-state index in [-0.39, 0.29) is 12.0 Å². The number of aromatic nitrogens is 3. The molecule has 2 unspecified atom stereocenters. The number of hydrogen-bond donors (Lipinski definition) is 0. The Morgan fingerprint density at radius 1 is 0.526 bits per heavy atom. The third kappa shape index (κ3) is 4.28. The Morgan fingerprint density at radius 3 is 2.19 bits per heavy atom. The second-order valence-corrected chi connectivity index (χ2v) is 15.3. The third-order valence-corrected chi connectivity index (χ3v) is 12.3. The molecule has 2 aliphatic heterocycles. The Hall–Kier alpha value is -7.50. The maximum atomic E-state index is 6.54. The van der Waals surface area contributed by atoms with Gasteiger partial charge in [0.15, 0.2) is 0 Å². The van der Waals surface area contributed by atoms with Gasteiger partial charge in [-0.2, -0.15) is 0 Å². The summed E-state index contributed by atoms with van der Waals surface area (Å²) in [4.78, 5) is 9.72. The molecule has 0 amide bonds. The molecule has 3 aromatic heterocycles. The van der Waals surface area contributed by atoms with E-state index >= 15 is 0 Å². The molecular formula is C52H32N4O. The molecule has 10 aromatic rings. The van der Waals surface area contributed by atoms with Gasteiger partial charge in [0.25, 0.3) is 0 Å². The Balaban J connectivity index is 1.05. The van der Waals surface area contributed by atoms with Gasteiger partial charge in [-0.05, 0) is 101 Å². The first-order valence-electron chi connectivity index (χ1n) is 19.6. The van der Waals surface area contributed by atoms with E-state index in [1.165, 1.54) is 71.4 Å². The lowest BCUT2D eigenvalue weighted by Gasteiger charge is -2.31. The fourth-order valence-corrected chi connectivity index (χ4v) is 9.90. The zero-order chi connectivity index (χ0) is 37.2. The van der Waals surface area contributed by atoms with Crippen molar-refractivity contribution in [3.05, 3.63) is 181 Å². The molecule has 0 saturated carbocycles. The third-order valence-electron chi connectivity index (χ3n) is 12.3. The smallest absolute Gasteiger partial charge is 0.135 e. The first kappa shape index (κ1) is 30.8. The fraction of sp³-hybridized carbons (Fsp3) is 0.0385. The van der Waals surface area contributed by atoms with Crippen molar-refractivity contribution in [3.63, 3.8) is 0 Å². The van der Waals surface area contributed by atoms with Crippen molar-refractivity contribution in [2.75, 3.05) is 0 Å². The van der Waals surface area contributed by atoms with Crippen LogP contribution in [-0.4, -0.2) is 20.3 Å². The highest BCUT2D eigenvalue weighted by atomic mass is 16.5. The SMILES string of the molecule is C1=CC2C(n3c4ccccc4c4cc(-c5ccc6c(c5)c5c7cccc8c7c(cc5n6-c5ccccc5)-c5ccccc5O8)ccc43)=Cc3cccnc3C2N=C1. The summed E-state index contributed by atoms with van der Waals surface area (Å²) in [6.07, 6.45) is 10.5. The van der Waals surface area contributed by atoms with Crippen molar-refractivity contribution < 1.29 is 4.74 Å². The summed E-state index contributed by atoms with van der Waals surface area (Å²) < 4.78 is 11.4. The molecule has 2 atom stereocenters. The van der Waals surface area contributed by atoms with Gasteiger partial charge in [0.1, 0.15) is 17.5 Å². The summed E-state index contributed by atoms with van der Waals surface area (Å²) in [6.45, 7) is 0. The molecule has 0 radical (unpaired) electrons. The van der Waals surface area contributed by atoms with Gasteiger partial charge in [0, 0.05) is 67.8 Å². The van der Waals surface area contributed by atoms with Crippen molar-refractivity contribution in [1.82, 2.24) is 14.1 Å². The zero-order valence-electron chi connectivity index (χ0n) is 30.7. The summed E-state index contributed by atoms with van der Waals surface area (Å²) >= 11 is 0. The quantitative estimate of drug-likeness (QED) is 0.182. The molecule has 3 aliphatic rings. The van der Waals surface area contributed by atoms with Gasteiger partial charge in [0.2, 0.25) is 0 Å². The molecule has 0 N–H and O–H groups in total. The van der Waals surface area contributed by atoms with Crippen molar-refractivity contribution in [3.8, 4) is 39.4 Å². The monoisotopic (exact) mass is 728 g/mol. The van der Waals surface area contributed by atoms with Crippen LogP contribution in [-0.2, 0) is 0 Å². The van der Waals surface area contributed by atoms with E-state index in [0.29, 0.717) is 0 Å². The number of fused-ring (bicyclic) bond motifs is 12. The molecular weight excluding hydrogens is 697 g/mol. The van der Waals surface area contributed by atoms with Crippen LogP contribution in [0.5, 0.6) is 11.5 Å². The van der Waals surface area contributed by atoms with Crippen LogP contribution in [0.1, 0.15) is 17.3 Å². The number of aliphatic imine (C=N–C) groups is 1. The second-order valence-electron chi connectivity index (χ2n) is 15.3. The summed E-state index contributed by atoms with van der Waals surface area (Å²) in [5, 5.41) is 7.26. The van der Waals surface area contributed by atoms with Gasteiger partial charge in [-0.15, -0.1) is 0 Å². The van der Waals surface area contributed by atoms with Crippen molar-refractivity contribution in [1.29, 1.82) is 0 Å². The number of hydrogen-bond acceptors (Lipinski definition) is 3. The summed E-state index contributed by atoms with van der Waals surface area (Å²) in [6, 6.07) is 54.9. The molecule has 5 heteroatoms. The predicted octanol–water partition coefficient (Wildman–Crippen LogP) is 13.2. The average Bonchev–Trinajstić information content (AvgIpc) is 3.78. The Morgan fingerprint density at radius 2 is 1.28 bits per heavy atom. The highest BCUT2D eigenvalue weighted by Gasteiger charge is 2.34. The molecule has 13 rings (SSSR count). The number of nitrogens with zero attached hydrogens (tertiary/aromatic N) is 4. The Kier molecular flexibility index (Phi) is 6.22. The molecule has 5 heterocycles. The Labute approximate surface area is 327 Å². The van der Waals surface area contributed by atoms with E-state index in [1.54, 1.807) is 0 Å². The maximum Gasteiger partial charge on any atom is 0.135 e. The molecule has 7 aromatic carbocycles. The first-order chi connectivity index (χ1) is 28.3. The van der Waals surface area contributed by atoms with Crippen LogP contribution in [0, 0.1) is 5.92 Å². The van der Waals surface area contributed by atoms with Gasteiger partial charge < -0.3 is 13.9 Å². The van der Waals surface area contributed by atoms with Crippen LogP contribution in [0.15, 0.2) is 175 Å². The highest BCUT2D eigenvalue weighted by Crippen LogP contribution is 2.51. The molecule has 0 bridgehead atoms. The van der Waals surface area contributed by atoms with E-state index in [4.69, 9.17) is 14.7 Å². The summed E-state index contributed by atoms with van der Waals surface area (Å²) in [5.74, 6) is 1.87. The molecule has 0 saturated heterocycles. The second kappa shape index (κ2) is 11.5. The van der Waals surface area contributed by atoms with Crippen LogP contribution >= 0.6 is 0 Å². The van der Waals surface area contributed by atoms with Crippen LogP contribution in [0.2, 0.25) is 0 Å². The lowest BCUT2D eigenvalue weighted by atomic mass is 9.84. The van der Waals surface area contributed by atoms with Gasteiger partial charge in [-0.25, -0.2) is 0 Å². The number of para-hydroxylation sites is 3. The topological polar surface area (TPSA) is 44.3 Å². The van der Waals surface area contributed by atoms with Gasteiger partial charge in [-0.3, -0.25) is 9.98 Å². The van der Waals surface area contributed by atoms with Gasteiger partial charge in [0.05, 0.1) is 27.8 Å². The van der Waals surface area contributed by atoms with Crippen LogP contribution in [0.4, 0.5) is 0 Å². The fourth-order valence-electron chi connectivity index (χ4n) is 9.90. The van der Waals surface area contributed by atoms with Crippen LogP contribution in [0.25, 0.3) is 94.1 Å². The first-order valence-corrected chi connectivity index (χ1v) is 19.6. The number of rotatable bonds is 3. The van der Waals surface area contributed by atoms with Crippen molar-refractivity contribution >= 4 is 72.4 Å². The number of dihydropyridines is 1. The maximum absolute atomic E-state index is 6.54. The largest absolute Gasteiger partial charge is 0.456 e. The lowest BCUT2D eigenvalue weighted by Crippen LogP contribution is -2.22. The van der Waals surface area contributed by atoms with Gasteiger partial charge in [-0.1, -0.05) is 91.0 Å². The highest BCUT2D eigenvalue weighted by molar-refractivity contribution is 6.26. The summed E-state index contributed by atoms with van der Waals surface area (Å²) in [5.41, 5.74) is 13.9. The van der Waals surface area contributed by atoms with E-state index < -0.39 is 0 Å². The zero-order valence-corrected chi connectivity index (χ0v) is 30.7. The van der Waals surface area contributed by atoms with Gasteiger partial charge >= 0.3 is 0 Å². The lowest BCUT2D eigenvalue weighted by molar-refractivity contribution is 0.487. The molecule has 0 fully saturated rings. The van der Waals surface area contributed by atoms with Crippen LogP contribution < -0.4 is 4.74 Å². The van der Waals surface area contributed by atoms with Crippen molar-refractivity contribution in [2.24, 2.45) is 10.9 Å². The molecule has 5 nitrogen and oxygen atoms in total. The number of ether oxygens (including phenoxy) is 1. The van der Waals surface area contributed by atoms with Crippen molar-refractivity contribution in [2.45, 2.75) is 6.04 Å². The predicted molar refractivity (Wildman–Crippen MR) is 235 cm³/mol. The van der Waals surface area contributed by atoms with E-state index in [0.717, 1.165) is 39.4 Å². The minimum absolute atomic E-state index is 0.0509. The summed E-state index contributed by atoms with van der Waals surface area (Å²) in [7, 11) is 0. The average molecular weight is 729 g/mol. The molecule has 1 aliphatic carbocycles. The standard InChI is InChI=1S/C52H32N4O/c1-2-12-34(13-3-1)55-44-24-22-32(28-41(44)49-38-16-8-20-48-50(38)40(30-46(49)55)36-15-5-7-19-47(36)57-48)31-21-23-43-39(27-31)35-14-4-6-18-42(35)56(43)45-29-33-11-9-25-53-51(33)52-37(45)17-10-26-54-52/h1-30,37,52H. The minimum atomic E-state index is -0.0509. The molecule has 266 valence electrons. The Bertz CT molecular complexity index is 3450. The molecule has 57 heavy (non-hydrogen) atoms. The molecule has 0 spiro atoms.